The molecule has 1 fully saturated rings. The lowest BCUT2D eigenvalue weighted by atomic mass is 10.1. The number of aryl methyl sites for hydroxylation is 1. The summed E-state index contributed by atoms with van der Waals surface area (Å²) in [4.78, 5) is 14.6. The lowest BCUT2D eigenvalue weighted by molar-refractivity contribution is -0.121. The molecule has 7 nitrogen and oxygen atoms in total. The number of nitrogens with one attached hydrogen (secondary N) is 2. The first kappa shape index (κ1) is 21.8. The van der Waals surface area contributed by atoms with Crippen molar-refractivity contribution in [1.82, 2.24) is 19.8 Å². The lowest BCUT2D eigenvalue weighted by Crippen LogP contribution is -2.46. The molecule has 1 aromatic rings. The first-order chi connectivity index (χ1) is 13.0. The average molecular weight is 397 g/mol. The summed E-state index contributed by atoms with van der Waals surface area (Å²) >= 11 is 0. The van der Waals surface area contributed by atoms with Gasteiger partial charge in [-0.25, -0.2) is 8.42 Å². The van der Waals surface area contributed by atoms with E-state index in [0.717, 1.165) is 38.3 Å². The maximum Gasteiger partial charge on any atom is 0.243 e. The molecule has 27 heavy (non-hydrogen) atoms. The molecule has 0 spiro atoms. The van der Waals surface area contributed by atoms with Crippen LogP contribution in [0.5, 0.6) is 0 Å². The number of piperazine rings is 1. The third-order valence-electron chi connectivity index (χ3n) is 4.87. The topological polar surface area (TPSA) is 81.8 Å². The molecular formula is C19H32N4O3S. The monoisotopic (exact) mass is 396 g/mol. The fraction of sp³-hybridized carbons (Fsp3) is 0.632. The second kappa shape index (κ2) is 10.8. The van der Waals surface area contributed by atoms with Crippen LogP contribution in [0, 0.1) is 0 Å². The molecule has 152 valence electrons. The van der Waals surface area contributed by atoms with E-state index in [-0.39, 0.29) is 5.91 Å². The predicted octanol–water partition coefficient (Wildman–Crippen LogP) is 0.671. The first-order valence-corrected chi connectivity index (χ1v) is 11.2. The number of nitrogens with zero attached hydrogens (tertiary/aromatic N) is 2. The van der Waals surface area contributed by atoms with Gasteiger partial charge in [-0.3, -0.25) is 9.69 Å². The van der Waals surface area contributed by atoms with E-state index in [2.05, 4.69) is 15.5 Å². The van der Waals surface area contributed by atoms with E-state index in [1.165, 1.54) is 4.31 Å². The van der Waals surface area contributed by atoms with Gasteiger partial charge in [-0.15, -0.1) is 0 Å². The van der Waals surface area contributed by atoms with Gasteiger partial charge in [0.1, 0.15) is 0 Å². The van der Waals surface area contributed by atoms with Crippen LogP contribution >= 0.6 is 0 Å². The minimum atomic E-state index is -3.43. The van der Waals surface area contributed by atoms with Gasteiger partial charge in [-0.05, 0) is 24.1 Å². The molecule has 1 amide bonds. The highest BCUT2D eigenvalue weighted by atomic mass is 32.2. The lowest BCUT2D eigenvalue weighted by Gasteiger charge is -2.27. The number of hydrogen-bond donors (Lipinski definition) is 2. The Morgan fingerprint density at radius 1 is 1.15 bits per heavy atom. The summed E-state index contributed by atoms with van der Waals surface area (Å²) in [7, 11) is -3.43. The highest BCUT2D eigenvalue weighted by Gasteiger charge is 2.21. The van der Waals surface area contributed by atoms with Gasteiger partial charge in [0.05, 0.1) is 4.90 Å². The van der Waals surface area contributed by atoms with Gasteiger partial charge in [0.25, 0.3) is 0 Å². The normalized spacial score (nSPS) is 15.8. The fourth-order valence-electron chi connectivity index (χ4n) is 3.18. The number of carbonyl (C=O) groups excluding carboxylic acids is 1. The maximum absolute atomic E-state index is 12.5. The van der Waals surface area contributed by atoms with Crippen molar-refractivity contribution in [3.8, 4) is 0 Å². The minimum absolute atomic E-state index is 0.0324. The highest BCUT2D eigenvalue weighted by molar-refractivity contribution is 7.89. The molecule has 0 aliphatic carbocycles. The molecule has 1 aliphatic heterocycles. The van der Waals surface area contributed by atoms with Crippen LogP contribution in [0.15, 0.2) is 29.2 Å². The van der Waals surface area contributed by atoms with Crippen LogP contribution in [0.1, 0.15) is 25.8 Å². The Morgan fingerprint density at radius 2 is 1.78 bits per heavy atom. The second-order valence-electron chi connectivity index (χ2n) is 6.67. The molecule has 2 rings (SSSR count). The Balaban J connectivity index is 1.76. The summed E-state index contributed by atoms with van der Waals surface area (Å²) in [5.74, 6) is 0.0324. The number of benzene rings is 1. The van der Waals surface area contributed by atoms with Crippen LogP contribution < -0.4 is 10.6 Å². The van der Waals surface area contributed by atoms with Gasteiger partial charge in [-0.2, -0.15) is 4.31 Å². The fourth-order valence-corrected chi connectivity index (χ4v) is 4.63. The number of amides is 1. The molecule has 1 heterocycles. The van der Waals surface area contributed by atoms with Crippen molar-refractivity contribution in [2.24, 2.45) is 0 Å². The van der Waals surface area contributed by atoms with E-state index < -0.39 is 10.0 Å². The predicted molar refractivity (Wildman–Crippen MR) is 107 cm³/mol. The first-order valence-electron chi connectivity index (χ1n) is 9.76. The van der Waals surface area contributed by atoms with Crippen LogP contribution in [0.4, 0.5) is 0 Å². The number of carbonyl (C=O) groups is 1. The van der Waals surface area contributed by atoms with Gasteiger partial charge in [0.15, 0.2) is 0 Å². The molecule has 0 bridgehead atoms. The Labute approximate surface area is 163 Å². The molecule has 1 saturated heterocycles. The van der Waals surface area contributed by atoms with Crippen molar-refractivity contribution in [3.63, 3.8) is 0 Å². The van der Waals surface area contributed by atoms with Crippen molar-refractivity contribution in [3.05, 3.63) is 29.8 Å². The van der Waals surface area contributed by atoms with E-state index in [9.17, 15) is 13.2 Å². The zero-order chi connectivity index (χ0) is 19.7. The molecule has 1 aliphatic rings. The van der Waals surface area contributed by atoms with Crippen molar-refractivity contribution >= 4 is 15.9 Å². The van der Waals surface area contributed by atoms with E-state index in [0.29, 0.717) is 37.4 Å². The quantitative estimate of drug-likeness (QED) is 0.608. The van der Waals surface area contributed by atoms with Crippen LogP contribution in [0.3, 0.4) is 0 Å². The number of hydrogen-bond acceptors (Lipinski definition) is 5. The molecule has 0 unspecified atom stereocenters. The maximum atomic E-state index is 12.5. The standard InChI is InChI=1S/C19H32N4O3S/c1-3-23(4-2)27(25,26)18-8-5-17(6-9-18)7-10-19(24)21-13-16-22-14-11-20-12-15-22/h5-6,8-9,20H,3-4,7,10-16H2,1-2H3,(H,21,24). The van der Waals surface area contributed by atoms with Gasteiger partial charge in [0, 0.05) is 58.8 Å². The van der Waals surface area contributed by atoms with E-state index >= 15 is 0 Å². The SMILES string of the molecule is CCN(CC)S(=O)(=O)c1ccc(CCC(=O)NCCN2CCNCC2)cc1. The van der Waals surface area contributed by atoms with Crippen molar-refractivity contribution in [2.45, 2.75) is 31.6 Å². The van der Waals surface area contributed by atoms with Crippen LogP contribution in [-0.4, -0.2) is 75.9 Å². The minimum Gasteiger partial charge on any atom is -0.355 e. The Hall–Kier alpha value is -1.48. The summed E-state index contributed by atoms with van der Waals surface area (Å²) in [6.07, 6.45) is 1.01. The van der Waals surface area contributed by atoms with E-state index in [4.69, 9.17) is 0 Å². The van der Waals surface area contributed by atoms with E-state index in [1.807, 2.05) is 13.8 Å². The molecular weight excluding hydrogens is 364 g/mol. The largest absolute Gasteiger partial charge is 0.355 e. The molecule has 1 aromatic carbocycles. The highest BCUT2D eigenvalue weighted by Crippen LogP contribution is 2.16. The molecule has 0 aromatic heterocycles. The Kier molecular flexibility index (Phi) is 8.69. The summed E-state index contributed by atoms with van der Waals surface area (Å²) in [5, 5.41) is 6.27. The van der Waals surface area contributed by atoms with E-state index in [1.54, 1.807) is 24.3 Å². The zero-order valence-corrected chi connectivity index (χ0v) is 17.2. The average Bonchev–Trinajstić information content (AvgIpc) is 2.68. The number of rotatable bonds is 10. The van der Waals surface area contributed by atoms with Gasteiger partial charge >= 0.3 is 0 Å². The summed E-state index contributed by atoms with van der Waals surface area (Å²) in [6, 6.07) is 6.85. The molecule has 2 N–H and O–H groups in total. The van der Waals surface area contributed by atoms with Gasteiger partial charge in [0.2, 0.25) is 15.9 Å². The summed E-state index contributed by atoms with van der Waals surface area (Å²) in [6.45, 7) is 10.2. The number of sulfonamides is 1. The van der Waals surface area contributed by atoms with Gasteiger partial charge in [-0.1, -0.05) is 26.0 Å². The molecule has 0 radical (unpaired) electrons. The smallest absolute Gasteiger partial charge is 0.243 e. The van der Waals surface area contributed by atoms with Crippen LogP contribution in [-0.2, 0) is 21.2 Å². The zero-order valence-electron chi connectivity index (χ0n) is 16.4. The molecule has 0 saturated carbocycles. The molecule has 8 heteroatoms. The van der Waals surface area contributed by atoms with Gasteiger partial charge < -0.3 is 10.6 Å². The Bertz CT molecular complexity index is 681. The third kappa shape index (κ3) is 6.57. The van der Waals surface area contributed by atoms with Crippen molar-refractivity contribution in [2.75, 3.05) is 52.4 Å². The third-order valence-corrected chi connectivity index (χ3v) is 6.93. The van der Waals surface area contributed by atoms with Crippen LogP contribution in [0.2, 0.25) is 0 Å². The second-order valence-corrected chi connectivity index (χ2v) is 8.61. The van der Waals surface area contributed by atoms with Crippen molar-refractivity contribution in [1.29, 1.82) is 0 Å². The summed E-state index contributed by atoms with van der Waals surface area (Å²) in [5.41, 5.74) is 0.964. The molecule has 0 atom stereocenters. The Morgan fingerprint density at radius 3 is 2.37 bits per heavy atom. The van der Waals surface area contributed by atoms with Crippen molar-refractivity contribution < 1.29 is 13.2 Å². The summed E-state index contributed by atoms with van der Waals surface area (Å²) < 4.78 is 26.4. The van der Waals surface area contributed by atoms with Crippen LogP contribution in [0.25, 0.3) is 0 Å².